The van der Waals surface area contributed by atoms with Crippen molar-refractivity contribution in [1.29, 1.82) is 0 Å². The highest BCUT2D eigenvalue weighted by molar-refractivity contribution is 5.25. The van der Waals surface area contributed by atoms with Crippen LogP contribution < -0.4 is 0 Å². The van der Waals surface area contributed by atoms with E-state index in [1.54, 1.807) is 0 Å². The molecule has 0 aliphatic rings. The molecule has 2 nitrogen and oxygen atoms in total. The normalized spacial score (nSPS) is 13.1. The fourth-order valence-electron chi connectivity index (χ4n) is 3.22. The van der Waals surface area contributed by atoms with Crippen molar-refractivity contribution < 1.29 is 5.11 Å². The van der Waals surface area contributed by atoms with Gasteiger partial charge in [0, 0.05) is 13.1 Å². The van der Waals surface area contributed by atoms with Gasteiger partial charge in [0.05, 0.1) is 6.04 Å². The molecule has 0 saturated carbocycles. The van der Waals surface area contributed by atoms with Gasteiger partial charge in [-0.1, -0.05) is 96.9 Å². The van der Waals surface area contributed by atoms with Crippen molar-refractivity contribution in [1.82, 2.24) is 4.90 Å². The van der Waals surface area contributed by atoms with Crippen molar-refractivity contribution in [2.45, 2.75) is 25.2 Å². The molecule has 0 aliphatic carbocycles. The highest BCUT2D eigenvalue weighted by Gasteiger charge is 2.27. The largest absolute Gasteiger partial charge is 0.378 e. The Bertz CT molecular complexity index is 783. The maximum atomic E-state index is 10.6. The van der Waals surface area contributed by atoms with E-state index in [1.165, 1.54) is 11.1 Å². The molecule has 0 bridgehead atoms. The Labute approximate surface area is 155 Å². The van der Waals surface area contributed by atoms with Crippen molar-refractivity contribution in [3.8, 4) is 12.3 Å². The number of hydrogen-bond donors (Lipinski definition) is 1. The van der Waals surface area contributed by atoms with Crippen LogP contribution in [0.2, 0.25) is 0 Å². The van der Waals surface area contributed by atoms with Crippen LogP contribution in [-0.4, -0.2) is 16.1 Å². The highest BCUT2D eigenvalue weighted by atomic mass is 16.3. The fraction of sp³-hybridized carbons (Fsp3) is 0.167. The number of rotatable bonds is 7. The molecule has 0 saturated heterocycles. The Morgan fingerprint density at radius 2 is 1.15 bits per heavy atom. The zero-order valence-electron chi connectivity index (χ0n) is 14.7. The molecule has 0 aliphatic heterocycles. The van der Waals surface area contributed by atoms with Gasteiger partial charge in [0.1, 0.15) is 6.10 Å². The number of hydrogen-bond acceptors (Lipinski definition) is 2. The molecule has 26 heavy (non-hydrogen) atoms. The maximum absolute atomic E-state index is 10.6. The van der Waals surface area contributed by atoms with Gasteiger partial charge in [-0.25, -0.2) is 0 Å². The lowest BCUT2D eigenvalue weighted by Crippen LogP contribution is -2.35. The van der Waals surface area contributed by atoms with Crippen molar-refractivity contribution in [2.75, 3.05) is 0 Å². The first-order valence-corrected chi connectivity index (χ1v) is 8.79. The van der Waals surface area contributed by atoms with Gasteiger partial charge in [0.15, 0.2) is 0 Å². The highest BCUT2D eigenvalue weighted by Crippen LogP contribution is 2.28. The molecule has 0 amide bonds. The smallest absolute Gasteiger partial charge is 0.134 e. The van der Waals surface area contributed by atoms with E-state index < -0.39 is 6.10 Å². The summed E-state index contributed by atoms with van der Waals surface area (Å²) in [4.78, 5) is 2.24. The van der Waals surface area contributed by atoms with Crippen LogP contribution in [-0.2, 0) is 13.1 Å². The van der Waals surface area contributed by atoms with Crippen LogP contribution in [0.5, 0.6) is 0 Å². The molecule has 3 aromatic rings. The summed E-state index contributed by atoms with van der Waals surface area (Å²) >= 11 is 0. The molecule has 0 fully saturated rings. The van der Waals surface area contributed by atoms with Crippen molar-refractivity contribution in [3.05, 3.63) is 108 Å². The number of aliphatic hydroxyl groups is 1. The van der Waals surface area contributed by atoms with Crippen LogP contribution in [0, 0.1) is 12.3 Å². The van der Waals surface area contributed by atoms with E-state index in [9.17, 15) is 5.11 Å². The van der Waals surface area contributed by atoms with Gasteiger partial charge in [-0.2, -0.15) is 0 Å². The average Bonchev–Trinajstić information content (AvgIpc) is 2.70. The second-order valence-electron chi connectivity index (χ2n) is 6.34. The minimum Gasteiger partial charge on any atom is -0.378 e. The van der Waals surface area contributed by atoms with Crippen LogP contribution in [0.15, 0.2) is 91.0 Å². The summed E-state index contributed by atoms with van der Waals surface area (Å²) in [6.45, 7) is 1.40. The molecule has 0 heterocycles. The second-order valence-corrected chi connectivity index (χ2v) is 6.34. The minimum atomic E-state index is -0.884. The summed E-state index contributed by atoms with van der Waals surface area (Å²) in [6.07, 6.45) is 4.72. The third kappa shape index (κ3) is 4.61. The summed E-state index contributed by atoms with van der Waals surface area (Å²) in [6, 6.07) is 30.3. The zero-order chi connectivity index (χ0) is 18.2. The lowest BCUT2D eigenvalue weighted by Gasteiger charge is -2.34. The predicted octanol–water partition coefficient (Wildman–Crippen LogP) is 4.42. The standard InChI is InChI=1S/C24H23NO/c1-2-23(26)24(22-16-10-5-11-17-22)25(18-20-12-6-3-7-13-20)19-21-14-8-4-9-15-21/h1,3-17,23-24,26H,18-19H2/t23-,24-/m1/s1. The molecule has 130 valence electrons. The monoisotopic (exact) mass is 341 g/mol. The number of nitrogens with zero attached hydrogens (tertiary/aromatic N) is 1. The van der Waals surface area contributed by atoms with E-state index in [0.29, 0.717) is 13.1 Å². The first kappa shape index (κ1) is 17.9. The molecule has 2 atom stereocenters. The number of benzene rings is 3. The molecule has 3 aromatic carbocycles. The lowest BCUT2D eigenvalue weighted by molar-refractivity contribution is 0.0721. The average molecular weight is 341 g/mol. The van der Waals surface area contributed by atoms with Crippen LogP contribution in [0.4, 0.5) is 0 Å². The zero-order valence-corrected chi connectivity index (χ0v) is 14.7. The SMILES string of the molecule is C#C[C@@H](O)[C@@H](c1ccccc1)N(Cc1ccccc1)Cc1ccccc1. The Morgan fingerprint density at radius 3 is 1.58 bits per heavy atom. The summed E-state index contributed by atoms with van der Waals surface area (Å²) in [5.41, 5.74) is 3.40. The molecule has 0 unspecified atom stereocenters. The van der Waals surface area contributed by atoms with E-state index in [1.807, 2.05) is 66.7 Å². The van der Waals surface area contributed by atoms with Crippen LogP contribution >= 0.6 is 0 Å². The van der Waals surface area contributed by atoms with E-state index in [2.05, 4.69) is 35.1 Å². The summed E-state index contributed by atoms with van der Waals surface area (Å²) in [5.74, 6) is 2.53. The molecule has 1 N–H and O–H groups in total. The van der Waals surface area contributed by atoms with Crippen LogP contribution in [0.3, 0.4) is 0 Å². The Hall–Kier alpha value is -2.86. The minimum absolute atomic E-state index is 0.276. The van der Waals surface area contributed by atoms with Gasteiger partial charge in [-0.15, -0.1) is 6.42 Å². The van der Waals surface area contributed by atoms with Crippen LogP contribution in [0.1, 0.15) is 22.7 Å². The van der Waals surface area contributed by atoms with Crippen LogP contribution in [0.25, 0.3) is 0 Å². The quantitative estimate of drug-likeness (QED) is 0.643. The van der Waals surface area contributed by atoms with Crippen molar-refractivity contribution in [2.24, 2.45) is 0 Å². The Kier molecular flexibility index (Phi) is 6.22. The fourth-order valence-corrected chi connectivity index (χ4v) is 3.22. The third-order valence-electron chi connectivity index (χ3n) is 4.46. The van der Waals surface area contributed by atoms with Crippen molar-refractivity contribution >= 4 is 0 Å². The summed E-state index contributed by atoms with van der Waals surface area (Å²) < 4.78 is 0. The third-order valence-corrected chi connectivity index (χ3v) is 4.46. The first-order chi connectivity index (χ1) is 12.8. The maximum Gasteiger partial charge on any atom is 0.134 e. The number of aliphatic hydroxyl groups excluding tert-OH is 1. The van der Waals surface area contributed by atoms with E-state index >= 15 is 0 Å². The summed E-state index contributed by atoms with van der Waals surface area (Å²) in [5, 5.41) is 10.6. The molecular formula is C24H23NO. The predicted molar refractivity (Wildman–Crippen MR) is 106 cm³/mol. The molecular weight excluding hydrogens is 318 g/mol. The van der Waals surface area contributed by atoms with Gasteiger partial charge < -0.3 is 5.11 Å². The Balaban J connectivity index is 1.97. The van der Waals surface area contributed by atoms with Gasteiger partial charge in [-0.3, -0.25) is 4.90 Å². The first-order valence-electron chi connectivity index (χ1n) is 8.79. The summed E-state index contributed by atoms with van der Waals surface area (Å²) in [7, 11) is 0. The second kappa shape index (κ2) is 9.01. The lowest BCUT2D eigenvalue weighted by atomic mass is 9.98. The molecule has 0 aromatic heterocycles. The van der Waals surface area contributed by atoms with Gasteiger partial charge in [0.2, 0.25) is 0 Å². The molecule has 2 heteroatoms. The van der Waals surface area contributed by atoms with Gasteiger partial charge in [-0.05, 0) is 16.7 Å². The Morgan fingerprint density at radius 1 is 0.731 bits per heavy atom. The van der Waals surface area contributed by atoms with E-state index in [0.717, 1.165) is 5.56 Å². The van der Waals surface area contributed by atoms with Crippen molar-refractivity contribution in [3.63, 3.8) is 0 Å². The van der Waals surface area contributed by atoms with E-state index in [4.69, 9.17) is 6.42 Å². The van der Waals surface area contributed by atoms with Gasteiger partial charge >= 0.3 is 0 Å². The topological polar surface area (TPSA) is 23.5 Å². The number of terminal acetylenes is 1. The van der Waals surface area contributed by atoms with Gasteiger partial charge in [0.25, 0.3) is 0 Å². The molecule has 0 radical (unpaired) electrons. The van der Waals surface area contributed by atoms with E-state index in [-0.39, 0.29) is 6.04 Å². The molecule has 0 spiro atoms. The molecule has 3 rings (SSSR count).